The maximum atomic E-state index is 10.9. The van der Waals surface area contributed by atoms with E-state index in [0.717, 1.165) is 18.4 Å². The third kappa shape index (κ3) is 8.45. The van der Waals surface area contributed by atoms with Crippen molar-refractivity contribution in [3.63, 3.8) is 0 Å². The Labute approximate surface area is 182 Å². The van der Waals surface area contributed by atoms with E-state index in [1.807, 2.05) is 0 Å². The lowest BCUT2D eigenvalue weighted by Gasteiger charge is -2.17. The molecular formula is C25H40N2O3. The van der Waals surface area contributed by atoms with Gasteiger partial charge in [-0.3, -0.25) is 10.1 Å². The molecule has 0 spiro atoms. The molecule has 1 aliphatic heterocycles. The van der Waals surface area contributed by atoms with E-state index in [1.54, 1.807) is 12.1 Å². The van der Waals surface area contributed by atoms with Gasteiger partial charge in [0.25, 0.3) is 5.69 Å². The fraction of sp³-hybridized carbons (Fsp3) is 0.720. The Morgan fingerprint density at radius 1 is 0.833 bits per heavy atom. The van der Waals surface area contributed by atoms with Crippen LogP contribution in [0.5, 0.6) is 0 Å². The smallest absolute Gasteiger partial charge is 0.269 e. The van der Waals surface area contributed by atoms with Gasteiger partial charge >= 0.3 is 0 Å². The van der Waals surface area contributed by atoms with E-state index in [0.29, 0.717) is 5.90 Å². The highest BCUT2D eigenvalue weighted by Crippen LogP contribution is 2.27. The van der Waals surface area contributed by atoms with Crippen LogP contribution in [0.15, 0.2) is 29.3 Å². The van der Waals surface area contributed by atoms with Crippen molar-refractivity contribution in [1.29, 1.82) is 0 Å². The van der Waals surface area contributed by atoms with E-state index in [9.17, 15) is 10.1 Å². The number of unbranched alkanes of at least 4 members (excludes halogenated alkanes) is 10. The van der Waals surface area contributed by atoms with E-state index in [4.69, 9.17) is 9.73 Å². The van der Waals surface area contributed by atoms with Crippen LogP contribution in [0.4, 0.5) is 5.69 Å². The number of nitrogens with zero attached hydrogens (tertiary/aromatic N) is 2. The predicted molar refractivity (Wildman–Crippen MR) is 124 cm³/mol. The van der Waals surface area contributed by atoms with E-state index < -0.39 is 0 Å². The molecule has 5 nitrogen and oxygen atoms in total. The molecule has 1 heterocycles. The third-order valence-corrected chi connectivity index (χ3v) is 6.00. The van der Waals surface area contributed by atoms with Crippen LogP contribution < -0.4 is 0 Å². The first kappa shape index (κ1) is 24.4. The van der Waals surface area contributed by atoms with Gasteiger partial charge in [-0.1, -0.05) is 84.5 Å². The molecule has 1 aromatic carbocycles. The standard InChI is InChI=1S/C25H40N2O3/c1-3-5-7-9-11-13-15-23-24(16-14-12-10-8-6-4-2)30-25(26-23)21-17-19-22(20-18-21)27(28)29/h17-20,23-24H,3-16H2,1-2H3. The van der Waals surface area contributed by atoms with Crippen LogP contribution in [0.2, 0.25) is 0 Å². The molecule has 0 bridgehead atoms. The summed E-state index contributed by atoms with van der Waals surface area (Å²) in [5.41, 5.74) is 0.948. The normalized spacial score (nSPS) is 18.3. The minimum absolute atomic E-state index is 0.101. The number of aliphatic imine (C=N–C) groups is 1. The van der Waals surface area contributed by atoms with Crippen molar-refractivity contribution in [3.05, 3.63) is 39.9 Å². The minimum Gasteiger partial charge on any atom is -0.472 e. The molecule has 0 aliphatic carbocycles. The summed E-state index contributed by atoms with van der Waals surface area (Å²) >= 11 is 0. The molecule has 0 radical (unpaired) electrons. The highest BCUT2D eigenvalue weighted by atomic mass is 16.6. The molecule has 5 heteroatoms. The number of nitro groups is 1. The number of hydrogen-bond acceptors (Lipinski definition) is 4. The second-order valence-electron chi connectivity index (χ2n) is 8.57. The molecule has 2 atom stereocenters. The molecule has 0 saturated carbocycles. The van der Waals surface area contributed by atoms with Crippen molar-refractivity contribution in [2.24, 2.45) is 4.99 Å². The SMILES string of the molecule is CCCCCCCCC1N=C(c2ccc([N+](=O)[O-])cc2)OC1CCCCCCCC. The van der Waals surface area contributed by atoms with Crippen LogP contribution in [0.25, 0.3) is 0 Å². The van der Waals surface area contributed by atoms with Crippen LogP contribution in [-0.2, 0) is 4.74 Å². The molecule has 1 aliphatic rings. The molecule has 30 heavy (non-hydrogen) atoms. The van der Waals surface area contributed by atoms with Gasteiger partial charge in [-0.25, -0.2) is 4.99 Å². The van der Waals surface area contributed by atoms with Gasteiger partial charge in [0.15, 0.2) is 0 Å². The summed E-state index contributed by atoms with van der Waals surface area (Å²) in [7, 11) is 0. The van der Waals surface area contributed by atoms with Crippen LogP contribution in [-0.4, -0.2) is 23.0 Å². The quantitative estimate of drug-likeness (QED) is 0.158. The first-order valence-electron chi connectivity index (χ1n) is 12.1. The Morgan fingerprint density at radius 2 is 1.37 bits per heavy atom. The predicted octanol–water partition coefficient (Wildman–Crippen LogP) is 7.61. The highest BCUT2D eigenvalue weighted by Gasteiger charge is 2.30. The number of rotatable bonds is 16. The lowest BCUT2D eigenvalue weighted by Crippen LogP contribution is -2.22. The Bertz CT molecular complexity index is 642. The third-order valence-electron chi connectivity index (χ3n) is 6.00. The van der Waals surface area contributed by atoms with Crippen molar-refractivity contribution in [2.75, 3.05) is 0 Å². The summed E-state index contributed by atoms with van der Waals surface area (Å²) in [6.07, 6.45) is 17.7. The zero-order valence-corrected chi connectivity index (χ0v) is 19.0. The van der Waals surface area contributed by atoms with Gasteiger partial charge in [0.05, 0.1) is 11.0 Å². The van der Waals surface area contributed by atoms with Crippen LogP contribution in [0.1, 0.15) is 109 Å². The van der Waals surface area contributed by atoms with Gasteiger partial charge in [-0.15, -0.1) is 0 Å². The van der Waals surface area contributed by atoms with E-state index in [2.05, 4.69) is 13.8 Å². The van der Waals surface area contributed by atoms with Crippen molar-refractivity contribution in [1.82, 2.24) is 0 Å². The lowest BCUT2D eigenvalue weighted by atomic mass is 9.98. The fourth-order valence-corrected chi connectivity index (χ4v) is 4.12. The average Bonchev–Trinajstić information content (AvgIpc) is 3.16. The summed E-state index contributed by atoms with van der Waals surface area (Å²) in [6, 6.07) is 6.80. The summed E-state index contributed by atoms with van der Waals surface area (Å²) < 4.78 is 6.26. The molecule has 1 aromatic rings. The number of benzene rings is 1. The highest BCUT2D eigenvalue weighted by molar-refractivity contribution is 5.95. The van der Waals surface area contributed by atoms with Gasteiger partial charge in [-0.2, -0.15) is 0 Å². The zero-order chi connectivity index (χ0) is 21.6. The summed E-state index contributed by atoms with van der Waals surface area (Å²) in [5, 5.41) is 10.9. The topological polar surface area (TPSA) is 64.7 Å². The monoisotopic (exact) mass is 416 g/mol. The van der Waals surface area contributed by atoms with Crippen LogP contribution in [0, 0.1) is 10.1 Å². The van der Waals surface area contributed by atoms with Gasteiger partial charge < -0.3 is 4.74 Å². The van der Waals surface area contributed by atoms with E-state index in [1.165, 1.54) is 89.2 Å². The average molecular weight is 417 g/mol. The van der Waals surface area contributed by atoms with E-state index >= 15 is 0 Å². The van der Waals surface area contributed by atoms with Crippen molar-refractivity contribution in [3.8, 4) is 0 Å². The molecule has 0 aromatic heterocycles. The van der Waals surface area contributed by atoms with Gasteiger partial charge in [0, 0.05) is 17.7 Å². The first-order valence-corrected chi connectivity index (χ1v) is 12.1. The molecule has 2 rings (SSSR count). The summed E-state index contributed by atoms with van der Waals surface area (Å²) in [5.74, 6) is 0.664. The second-order valence-corrected chi connectivity index (χ2v) is 8.57. The fourth-order valence-electron chi connectivity index (χ4n) is 4.12. The Balaban J connectivity index is 1.89. The number of hydrogen-bond donors (Lipinski definition) is 0. The van der Waals surface area contributed by atoms with Crippen LogP contribution >= 0.6 is 0 Å². The van der Waals surface area contributed by atoms with Gasteiger partial charge in [0.2, 0.25) is 5.90 Å². The van der Waals surface area contributed by atoms with Crippen molar-refractivity contribution < 1.29 is 9.66 Å². The molecular weight excluding hydrogens is 376 g/mol. The Morgan fingerprint density at radius 3 is 1.93 bits per heavy atom. The maximum absolute atomic E-state index is 10.9. The molecule has 168 valence electrons. The molecule has 2 unspecified atom stereocenters. The van der Waals surface area contributed by atoms with Crippen molar-refractivity contribution >= 4 is 11.6 Å². The number of ether oxygens (including phenoxy) is 1. The Kier molecular flexibility index (Phi) is 11.5. The van der Waals surface area contributed by atoms with Crippen LogP contribution in [0.3, 0.4) is 0 Å². The molecule has 0 fully saturated rings. The molecule has 0 amide bonds. The Hall–Kier alpha value is -1.91. The summed E-state index contributed by atoms with van der Waals surface area (Å²) in [6.45, 7) is 4.49. The van der Waals surface area contributed by atoms with E-state index in [-0.39, 0.29) is 22.8 Å². The first-order chi connectivity index (χ1) is 14.7. The van der Waals surface area contributed by atoms with Crippen molar-refractivity contribution in [2.45, 2.75) is 116 Å². The van der Waals surface area contributed by atoms with Gasteiger partial charge in [0.1, 0.15) is 6.10 Å². The molecule has 0 saturated heterocycles. The zero-order valence-electron chi connectivity index (χ0n) is 19.0. The summed E-state index contributed by atoms with van der Waals surface area (Å²) in [4.78, 5) is 15.4. The van der Waals surface area contributed by atoms with Gasteiger partial charge in [-0.05, 0) is 31.4 Å². The largest absolute Gasteiger partial charge is 0.472 e. The lowest BCUT2D eigenvalue weighted by molar-refractivity contribution is -0.384. The second kappa shape index (κ2) is 14.2. The minimum atomic E-state index is -0.371. The molecule has 0 N–H and O–H groups in total. The number of nitro benzene ring substituents is 1. The number of non-ortho nitro benzene ring substituents is 1. The maximum Gasteiger partial charge on any atom is 0.269 e.